The van der Waals surface area contributed by atoms with E-state index in [4.69, 9.17) is 25.6 Å². The third kappa shape index (κ3) is 13.4. The second-order valence-corrected chi connectivity index (χ2v) is 22.1. The topological polar surface area (TPSA) is 208 Å². The first-order chi connectivity index (χ1) is 32.5. The number of furan rings is 1. The van der Waals surface area contributed by atoms with E-state index >= 15 is 0 Å². The summed E-state index contributed by atoms with van der Waals surface area (Å²) in [5, 5.41) is 49.4. The molecule has 0 saturated heterocycles. The molecule has 12 nitrogen and oxygen atoms in total. The number of phenolic OH excluding ortho intramolecular Hbond substituents is 1. The maximum atomic E-state index is 11.4. The largest absolute Gasteiger partial charge is 0.504 e. The first kappa shape index (κ1) is 49.9. The van der Waals surface area contributed by atoms with Crippen LogP contribution in [0.2, 0.25) is 0 Å². The Balaban J connectivity index is 0.813. The first-order valence-corrected chi connectivity index (χ1v) is 26.8. The molecular weight excluding hydrogens is 841 g/mol. The number of aromatic hydroxyl groups is 1. The van der Waals surface area contributed by atoms with Crippen molar-refractivity contribution in [3.05, 3.63) is 69.9 Å². The number of fused-ring (bicyclic) bond motifs is 4. The van der Waals surface area contributed by atoms with Crippen LogP contribution in [0.5, 0.6) is 11.5 Å². The number of benzene rings is 1. The van der Waals surface area contributed by atoms with Gasteiger partial charge in [0.25, 0.3) is 0 Å². The molecule has 11 unspecified atom stereocenters. The number of phenols is 1. The third-order valence-electron chi connectivity index (χ3n) is 17.0. The van der Waals surface area contributed by atoms with Gasteiger partial charge < -0.3 is 56.7 Å². The minimum atomic E-state index is -0.881. The van der Waals surface area contributed by atoms with Gasteiger partial charge >= 0.3 is 0 Å². The zero-order chi connectivity index (χ0) is 46.9. The fourth-order valence-electron chi connectivity index (χ4n) is 13.4. The smallest absolute Gasteiger partial charge is 0.188 e. The monoisotopic (exact) mass is 927 g/mol. The Hall–Kier alpha value is -3.55. The molecule has 5 aliphatic rings. The Kier molecular flexibility index (Phi) is 17.7. The van der Waals surface area contributed by atoms with E-state index in [-0.39, 0.29) is 19.0 Å². The highest BCUT2D eigenvalue weighted by molar-refractivity contribution is 5.78. The summed E-state index contributed by atoms with van der Waals surface area (Å²) in [5.74, 6) is 7.64. The van der Waals surface area contributed by atoms with E-state index in [0.717, 1.165) is 91.8 Å². The van der Waals surface area contributed by atoms with Crippen LogP contribution >= 0.6 is 0 Å². The van der Waals surface area contributed by atoms with Crippen molar-refractivity contribution in [3.63, 3.8) is 0 Å². The minimum Gasteiger partial charge on any atom is -0.504 e. The minimum absolute atomic E-state index is 0.00766. The number of aliphatic hydroxyl groups excluding tert-OH is 3. The molecule has 11 N–H and O–H groups in total. The van der Waals surface area contributed by atoms with Crippen molar-refractivity contribution in [2.45, 2.75) is 186 Å². The number of rotatable bonds is 21. The number of nitrogens with one attached hydrogen (secondary N) is 3. The summed E-state index contributed by atoms with van der Waals surface area (Å²) in [4.78, 5) is 8.31. The number of aryl methyl sites for hydroxylation is 4. The number of H-pyrrole nitrogens is 1. The number of hydrogen-bond acceptors (Lipinski definition) is 9. The van der Waals surface area contributed by atoms with Crippen LogP contribution in [0, 0.1) is 41.4 Å². The number of aliphatic hydroxyl groups is 3. The predicted molar refractivity (Wildman–Crippen MR) is 266 cm³/mol. The highest BCUT2D eigenvalue weighted by atomic mass is 16.5. The number of aliphatic imine (C=N–C) groups is 1. The molecule has 4 saturated carbocycles. The van der Waals surface area contributed by atoms with Gasteiger partial charge in [0.2, 0.25) is 0 Å². The molecule has 0 amide bonds. The maximum absolute atomic E-state index is 11.4. The summed E-state index contributed by atoms with van der Waals surface area (Å²) in [6.45, 7) is 6.27. The molecule has 67 heavy (non-hydrogen) atoms. The van der Waals surface area contributed by atoms with Crippen molar-refractivity contribution < 1.29 is 29.6 Å². The second-order valence-electron chi connectivity index (χ2n) is 22.1. The molecule has 0 spiro atoms. The van der Waals surface area contributed by atoms with E-state index in [2.05, 4.69) is 28.6 Å². The van der Waals surface area contributed by atoms with E-state index < -0.39 is 12.2 Å². The van der Waals surface area contributed by atoms with Crippen molar-refractivity contribution >= 4 is 5.96 Å². The number of guanidine groups is 1. The summed E-state index contributed by atoms with van der Waals surface area (Å²) in [6, 6.07) is 10.4. The van der Waals surface area contributed by atoms with Gasteiger partial charge in [-0.1, -0.05) is 51.5 Å². The maximum Gasteiger partial charge on any atom is 0.188 e. The number of hydrogen-bond donors (Lipinski definition) is 9. The fraction of sp³-hybridized carbons (Fsp3) is 0.727. The van der Waals surface area contributed by atoms with Gasteiger partial charge in [-0.05, 0) is 167 Å². The van der Waals surface area contributed by atoms with Gasteiger partial charge in [0.05, 0.1) is 12.7 Å². The number of aromatic nitrogens is 1. The lowest BCUT2D eigenvalue weighted by Gasteiger charge is -2.40. The summed E-state index contributed by atoms with van der Waals surface area (Å²) in [5.41, 5.74) is 18.1. The lowest BCUT2D eigenvalue weighted by Crippen LogP contribution is -2.41. The molecule has 0 radical (unpaired) electrons. The molecule has 1 aromatic carbocycles. The van der Waals surface area contributed by atoms with E-state index in [1.165, 1.54) is 94.7 Å². The van der Waals surface area contributed by atoms with Crippen LogP contribution in [0.15, 0.2) is 39.7 Å². The molecule has 2 bridgehead atoms. The first-order valence-electron chi connectivity index (χ1n) is 26.8. The number of nitrogens with two attached hydrogens (primary N) is 2. The molecule has 372 valence electrons. The molecule has 8 rings (SSSR count). The van der Waals surface area contributed by atoms with Crippen LogP contribution in [0.1, 0.15) is 175 Å². The number of ether oxygens (including phenoxy) is 1. The molecule has 3 aromatic rings. The van der Waals surface area contributed by atoms with Gasteiger partial charge in [0.1, 0.15) is 24.2 Å². The molecule has 11 atom stereocenters. The molecule has 2 aromatic heterocycles. The van der Waals surface area contributed by atoms with Crippen LogP contribution in [0.3, 0.4) is 0 Å². The van der Waals surface area contributed by atoms with E-state index in [9.17, 15) is 20.4 Å². The normalized spacial score (nSPS) is 28.2. The van der Waals surface area contributed by atoms with E-state index in [1.807, 2.05) is 25.1 Å². The van der Waals surface area contributed by atoms with E-state index in [1.54, 1.807) is 6.07 Å². The summed E-state index contributed by atoms with van der Waals surface area (Å²) in [6.07, 6.45) is 22.5. The standard InChI is InChI=1S/C55H86N6O6/c1-34(29-59-55(57)60-43-8-4-3-5-9-43)11-19-45-39-16-12-36(23-40(45)26-42(56)25-39)15-22-53-41(32-62)27-44(67-53)18-13-37-14-21-51(64)54(24-37)66-33-52(65)50-28-47-48(31-58-30-35(2)63)46-10-6-7-38(46)17-20-49(47)61-50/h14,21,24,27-28,34-36,38-40,42-43,45-46,48,52,58,61-65H,3-13,15-20,22-23,25-26,29-33,56H2,1-2H3,(H3,57,59,60). The zero-order valence-electron chi connectivity index (χ0n) is 40.9. The zero-order valence-corrected chi connectivity index (χ0v) is 40.9. The Labute approximate surface area is 400 Å². The highest BCUT2D eigenvalue weighted by Gasteiger charge is 2.41. The molecule has 0 aliphatic heterocycles. The van der Waals surface area contributed by atoms with Crippen LogP contribution < -0.4 is 26.8 Å². The van der Waals surface area contributed by atoms with Crippen molar-refractivity contribution in [2.24, 2.45) is 57.9 Å². The highest BCUT2D eigenvalue weighted by Crippen LogP contribution is 2.49. The molecule has 5 aliphatic carbocycles. The predicted octanol–water partition coefficient (Wildman–Crippen LogP) is 8.48. The Morgan fingerprint density at radius 2 is 1.75 bits per heavy atom. The van der Waals surface area contributed by atoms with Crippen LogP contribution in [0.4, 0.5) is 0 Å². The second kappa shape index (κ2) is 23.8. The SMILES string of the molecule is CC(O)CNCC1c2cc(C(O)COc3cc(CCc4cc(CO)c(CCC5CCC6CC(N)CC(C5)C6CCC(C)CN=C(N)NC5CCCCC5)o4)ccc3O)[nH]c2CCC2CCCC21. The van der Waals surface area contributed by atoms with Gasteiger partial charge in [0.15, 0.2) is 17.5 Å². The third-order valence-corrected chi connectivity index (χ3v) is 17.0. The molecule has 4 fully saturated rings. The lowest BCUT2D eigenvalue weighted by molar-refractivity contribution is 0.103. The van der Waals surface area contributed by atoms with E-state index in [0.29, 0.717) is 78.7 Å². The molecule has 2 heterocycles. The van der Waals surface area contributed by atoms with Crippen LogP contribution in [0.25, 0.3) is 0 Å². The van der Waals surface area contributed by atoms with Gasteiger partial charge in [0, 0.05) is 67.4 Å². The van der Waals surface area contributed by atoms with Crippen LogP contribution in [-0.2, 0) is 32.3 Å². The van der Waals surface area contributed by atoms with Crippen molar-refractivity contribution in [3.8, 4) is 11.5 Å². The van der Waals surface area contributed by atoms with Gasteiger partial charge in [-0.15, -0.1) is 0 Å². The van der Waals surface area contributed by atoms with Crippen molar-refractivity contribution in [1.82, 2.24) is 15.6 Å². The Morgan fingerprint density at radius 3 is 2.57 bits per heavy atom. The lowest BCUT2D eigenvalue weighted by atomic mass is 9.67. The quantitative estimate of drug-likeness (QED) is 0.0368. The summed E-state index contributed by atoms with van der Waals surface area (Å²) >= 11 is 0. The Bertz CT molecular complexity index is 2020. The van der Waals surface area contributed by atoms with Crippen LogP contribution in [-0.4, -0.2) is 75.8 Å². The fourth-order valence-corrected chi connectivity index (χ4v) is 13.4. The molecular formula is C55H86N6O6. The number of aromatic amines is 1. The summed E-state index contributed by atoms with van der Waals surface area (Å²) in [7, 11) is 0. The van der Waals surface area contributed by atoms with Gasteiger partial charge in [-0.2, -0.15) is 0 Å². The molecule has 12 heteroatoms. The summed E-state index contributed by atoms with van der Waals surface area (Å²) < 4.78 is 12.6. The Morgan fingerprint density at radius 1 is 0.910 bits per heavy atom. The number of nitrogens with zero attached hydrogens (tertiary/aromatic N) is 1. The van der Waals surface area contributed by atoms with Crippen molar-refractivity contribution in [2.75, 3.05) is 26.2 Å². The van der Waals surface area contributed by atoms with Crippen molar-refractivity contribution in [1.29, 1.82) is 0 Å². The average Bonchev–Trinajstić information content (AvgIpc) is 4.04. The van der Waals surface area contributed by atoms with Gasteiger partial charge in [-0.25, -0.2) is 0 Å². The average molecular weight is 927 g/mol. The van der Waals surface area contributed by atoms with Gasteiger partial charge in [-0.3, -0.25) is 4.99 Å².